The zero-order valence-electron chi connectivity index (χ0n) is 7.50. The lowest BCUT2D eigenvalue weighted by Crippen LogP contribution is -2.45. The summed E-state index contributed by atoms with van der Waals surface area (Å²) in [5, 5.41) is 0. The van der Waals surface area contributed by atoms with Gasteiger partial charge in [0.25, 0.3) is 0 Å². The van der Waals surface area contributed by atoms with Gasteiger partial charge in [0.2, 0.25) is 0 Å². The third-order valence-corrected chi connectivity index (χ3v) is 2.75. The van der Waals surface area contributed by atoms with Crippen LogP contribution in [0.3, 0.4) is 0 Å². The molecule has 0 spiro atoms. The highest BCUT2D eigenvalue weighted by Gasteiger charge is 2.22. The fourth-order valence-electron chi connectivity index (χ4n) is 1.99. The van der Waals surface area contributed by atoms with Crippen LogP contribution in [0.1, 0.15) is 12.8 Å². The Morgan fingerprint density at radius 1 is 0.833 bits per heavy atom. The van der Waals surface area contributed by atoms with Gasteiger partial charge in [-0.05, 0) is 12.8 Å². The van der Waals surface area contributed by atoms with Crippen LogP contribution in [0.5, 0.6) is 0 Å². The Labute approximate surface area is 73.6 Å². The van der Waals surface area contributed by atoms with Crippen molar-refractivity contribution in [3.8, 4) is 0 Å². The lowest BCUT2D eigenvalue weighted by atomic mass is 10.1. The summed E-state index contributed by atoms with van der Waals surface area (Å²) in [4.78, 5) is 2.55. The molecule has 0 saturated carbocycles. The standard InChI is InChI=1S/C9H17NO2/c1-5-11-6-2-9(1)10-3-7-12-8-4-10/h9H,1-8H2. The predicted molar refractivity (Wildman–Crippen MR) is 46.2 cm³/mol. The Morgan fingerprint density at radius 3 is 2.08 bits per heavy atom. The van der Waals surface area contributed by atoms with Crippen LogP contribution >= 0.6 is 0 Å². The van der Waals surface area contributed by atoms with Crippen molar-refractivity contribution in [3.63, 3.8) is 0 Å². The molecular formula is C9H17NO2. The Bertz CT molecular complexity index is 112. The molecule has 0 aromatic heterocycles. The van der Waals surface area contributed by atoms with Gasteiger partial charge in [-0.3, -0.25) is 4.90 Å². The van der Waals surface area contributed by atoms with Crippen molar-refractivity contribution in [2.24, 2.45) is 0 Å². The topological polar surface area (TPSA) is 21.7 Å². The van der Waals surface area contributed by atoms with Crippen molar-refractivity contribution in [2.45, 2.75) is 18.9 Å². The molecule has 70 valence electrons. The number of morpholine rings is 1. The average molecular weight is 171 g/mol. The first-order valence-corrected chi connectivity index (χ1v) is 4.86. The normalized spacial score (nSPS) is 29.0. The largest absolute Gasteiger partial charge is 0.381 e. The van der Waals surface area contributed by atoms with E-state index in [4.69, 9.17) is 9.47 Å². The highest BCUT2D eigenvalue weighted by atomic mass is 16.5. The van der Waals surface area contributed by atoms with Crippen molar-refractivity contribution in [1.29, 1.82) is 0 Å². The summed E-state index contributed by atoms with van der Waals surface area (Å²) < 4.78 is 10.7. The highest BCUT2D eigenvalue weighted by Crippen LogP contribution is 2.15. The van der Waals surface area contributed by atoms with E-state index in [1.165, 1.54) is 12.8 Å². The Kier molecular flexibility index (Phi) is 2.98. The molecule has 0 atom stereocenters. The average Bonchev–Trinajstić information content (AvgIpc) is 2.21. The Balaban J connectivity index is 1.80. The molecule has 0 radical (unpaired) electrons. The molecule has 2 aliphatic rings. The second kappa shape index (κ2) is 4.21. The molecule has 0 unspecified atom stereocenters. The molecule has 0 bridgehead atoms. The molecule has 2 aliphatic heterocycles. The maximum absolute atomic E-state index is 5.33. The minimum atomic E-state index is 0.766. The number of nitrogens with zero attached hydrogens (tertiary/aromatic N) is 1. The fourth-order valence-corrected chi connectivity index (χ4v) is 1.99. The lowest BCUT2D eigenvalue weighted by Gasteiger charge is -2.36. The number of hydrogen-bond donors (Lipinski definition) is 0. The van der Waals surface area contributed by atoms with Gasteiger partial charge in [-0.1, -0.05) is 0 Å². The van der Waals surface area contributed by atoms with E-state index in [2.05, 4.69) is 4.90 Å². The van der Waals surface area contributed by atoms with Crippen LogP contribution in [0.2, 0.25) is 0 Å². The summed E-state index contributed by atoms with van der Waals surface area (Å²) in [7, 11) is 0. The molecule has 2 heterocycles. The van der Waals surface area contributed by atoms with E-state index in [9.17, 15) is 0 Å². The Morgan fingerprint density at radius 2 is 1.42 bits per heavy atom. The van der Waals surface area contributed by atoms with Crippen molar-refractivity contribution in [3.05, 3.63) is 0 Å². The van der Waals surface area contributed by atoms with Gasteiger partial charge in [-0.2, -0.15) is 0 Å². The maximum atomic E-state index is 5.33. The van der Waals surface area contributed by atoms with Crippen LogP contribution in [0, 0.1) is 0 Å². The van der Waals surface area contributed by atoms with E-state index < -0.39 is 0 Å². The van der Waals surface area contributed by atoms with Crippen molar-refractivity contribution < 1.29 is 9.47 Å². The third kappa shape index (κ3) is 1.97. The molecule has 0 N–H and O–H groups in total. The van der Waals surface area contributed by atoms with Crippen LogP contribution in [-0.4, -0.2) is 50.5 Å². The molecule has 0 aromatic carbocycles. The molecule has 0 aliphatic carbocycles. The van der Waals surface area contributed by atoms with E-state index >= 15 is 0 Å². The smallest absolute Gasteiger partial charge is 0.0594 e. The van der Waals surface area contributed by atoms with Crippen LogP contribution < -0.4 is 0 Å². The summed E-state index contributed by atoms with van der Waals surface area (Å²) in [6.45, 7) is 5.95. The molecule has 2 saturated heterocycles. The summed E-state index contributed by atoms with van der Waals surface area (Å²) >= 11 is 0. The van der Waals surface area contributed by atoms with Gasteiger partial charge in [0.15, 0.2) is 0 Å². The second-order valence-corrected chi connectivity index (χ2v) is 3.49. The molecule has 0 amide bonds. The van der Waals surface area contributed by atoms with Gasteiger partial charge in [-0.15, -0.1) is 0 Å². The Hall–Kier alpha value is -0.120. The minimum Gasteiger partial charge on any atom is -0.381 e. The van der Waals surface area contributed by atoms with E-state index in [1.54, 1.807) is 0 Å². The fraction of sp³-hybridized carbons (Fsp3) is 1.00. The van der Waals surface area contributed by atoms with Crippen molar-refractivity contribution >= 4 is 0 Å². The summed E-state index contributed by atoms with van der Waals surface area (Å²) in [6, 6.07) is 0.766. The van der Waals surface area contributed by atoms with E-state index in [0.29, 0.717) is 0 Å². The summed E-state index contributed by atoms with van der Waals surface area (Å²) in [5.74, 6) is 0. The predicted octanol–water partition coefficient (Wildman–Crippen LogP) is 0.498. The minimum absolute atomic E-state index is 0.766. The third-order valence-electron chi connectivity index (χ3n) is 2.75. The van der Waals surface area contributed by atoms with Crippen LogP contribution in [0.4, 0.5) is 0 Å². The van der Waals surface area contributed by atoms with Gasteiger partial charge in [0.1, 0.15) is 0 Å². The van der Waals surface area contributed by atoms with E-state index in [1.807, 2.05) is 0 Å². The summed E-state index contributed by atoms with van der Waals surface area (Å²) in [5.41, 5.74) is 0. The van der Waals surface area contributed by atoms with E-state index in [-0.39, 0.29) is 0 Å². The second-order valence-electron chi connectivity index (χ2n) is 3.49. The maximum Gasteiger partial charge on any atom is 0.0594 e. The lowest BCUT2D eigenvalue weighted by molar-refractivity contribution is -0.0201. The quantitative estimate of drug-likeness (QED) is 0.573. The zero-order chi connectivity index (χ0) is 8.23. The van der Waals surface area contributed by atoms with Gasteiger partial charge in [0.05, 0.1) is 13.2 Å². The molecule has 12 heavy (non-hydrogen) atoms. The number of hydrogen-bond acceptors (Lipinski definition) is 3. The molecule has 3 nitrogen and oxygen atoms in total. The molecular weight excluding hydrogens is 154 g/mol. The van der Waals surface area contributed by atoms with Crippen LogP contribution in [0.15, 0.2) is 0 Å². The number of rotatable bonds is 1. The first kappa shape index (κ1) is 8.48. The zero-order valence-corrected chi connectivity index (χ0v) is 7.50. The van der Waals surface area contributed by atoms with Gasteiger partial charge in [-0.25, -0.2) is 0 Å². The van der Waals surface area contributed by atoms with Gasteiger partial charge >= 0.3 is 0 Å². The van der Waals surface area contributed by atoms with E-state index in [0.717, 1.165) is 45.6 Å². The SMILES string of the molecule is C1CC(N2CCOCC2)CCO1. The van der Waals surface area contributed by atoms with Crippen LogP contribution in [-0.2, 0) is 9.47 Å². The molecule has 2 fully saturated rings. The van der Waals surface area contributed by atoms with Crippen molar-refractivity contribution in [1.82, 2.24) is 4.90 Å². The van der Waals surface area contributed by atoms with Gasteiger partial charge < -0.3 is 9.47 Å². The summed E-state index contributed by atoms with van der Waals surface area (Å²) in [6.07, 6.45) is 2.42. The first-order chi connectivity index (χ1) is 5.97. The van der Waals surface area contributed by atoms with Crippen LogP contribution in [0.25, 0.3) is 0 Å². The molecule has 2 rings (SSSR count). The molecule has 3 heteroatoms. The van der Waals surface area contributed by atoms with Gasteiger partial charge in [0, 0.05) is 32.3 Å². The molecule has 0 aromatic rings. The highest BCUT2D eigenvalue weighted by molar-refractivity contribution is 4.75. The first-order valence-electron chi connectivity index (χ1n) is 4.86. The number of ether oxygens (including phenoxy) is 2. The monoisotopic (exact) mass is 171 g/mol. The van der Waals surface area contributed by atoms with Crippen molar-refractivity contribution in [2.75, 3.05) is 39.5 Å².